The van der Waals surface area contributed by atoms with Gasteiger partial charge >= 0.3 is 6.03 Å². The monoisotopic (exact) mass is 281 g/mol. The third kappa shape index (κ3) is 4.12. The summed E-state index contributed by atoms with van der Waals surface area (Å²) in [5, 5.41) is 2.89. The molecule has 3 amide bonds. The Morgan fingerprint density at radius 1 is 1.05 bits per heavy atom. The molecule has 1 N–H and O–H groups in total. The molecule has 2 aliphatic rings. The number of amides is 3. The second kappa shape index (κ2) is 6.95. The van der Waals surface area contributed by atoms with Gasteiger partial charge in [0.05, 0.1) is 0 Å². The van der Waals surface area contributed by atoms with Crippen molar-refractivity contribution >= 4 is 11.9 Å². The Balaban J connectivity index is 1.68. The standard InChI is InChI=1S/C15H27N3O2/c1-12-9-13(2)11-18(10-12)15(20)16-6-5-14(19)17-7-3-4-8-17/h12-13H,3-11H2,1-2H3,(H,16,20). The van der Waals surface area contributed by atoms with Gasteiger partial charge in [0.2, 0.25) is 5.91 Å². The van der Waals surface area contributed by atoms with Crippen LogP contribution in [0.2, 0.25) is 0 Å². The van der Waals surface area contributed by atoms with Gasteiger partial charge in [0.1, 0.15) is 0 Å². The lowest BCUT2D eigenvalue weighted by molar-refractivity contribution is -0.129. The molecule has 0 spiro atoms. The van der Waals surface area contributed by atoms with Crippen LogP contribution in [0.1, 0.15) is 39.5 Å². The molecule has 2 saturated heterocycles. The molecule has 0 aromatic heterocycles. The molecule has 2 fully saturated rings. The van der Waals surface area contributed by atoms with Gasteiger partial charge in [-0.1, -0.05) is 13.8 Å². The quantitative estimate of drug-likeness (QED) is 0.856. The maximum absolute atomic E-state index is 12.1. The molecule has 2 heterocycles. The Labute approximate surface area is 121 Å². The number of nitrogens with one attached hydrogen (secondary N) is 1. The predicted molar refractivity (Wildman–Crippen MR) is 78.3 cm³/mol. The molecule has 5 nitrogen and oxygen atoms in total. The maximum atomic E-state index is 12.1. The maximum Gasteiger partial charge on any atom is 0.317 e. The second-order valence-electron chi connectivity index (χ2n) is 6.42. The van der Waals surface area contributed by atoms with Crippen molar-refractivity contribution in [2.75, 3.05) is 32.7 Å². The van der Waals surface area contributed by atoms with E-state index in [1.807, 2.05) is 9.80 Å². The third-order valence-corrected chi connectivity index (χ3v) is 4.23. The summed E-state index contributed by atoms with van der Waals surface area (Å²) >= 11 is 0. The molecule has 0 aliphatic carbocycles. The molecular formula is C15H27N3O2. The van der Waals surface area contributed by atoms with Crippen LogP contribution in [0.4, 0.5) is 4.79 Å². The number of carbonyl (C=O) groups is 2. The first-order valence-electron chi connectivity index (χ1n) is 7.87. The average molecular weight is 281 g/mol. The Morgan fingerprint density at radius 3 is 2.25 bits per heavy atom. The minimum atomic E-state index is -0.0161. The molecule has 0 aromatic rings. The van der Waals surface area contributed by atoms with E-state index in [2.05, 4.69) is 19.2 Å². The van der Waals surface area contributed by atoms with E-state index in [1.54, 1.807) is 0 Å². The van der Waals surface area contributed by atoms with Gasteiger partial charge in [-0.15, -0.1) is 0 Å². The Bertz CT molecular complexity index is 343. The van der Waals surface area contributed by atoms with Crippen molar-refractivity contribution in [3.05, 3.63) is 0 Å². The van der Waals surface area contributed by atoms with E-state index in [-0.39, 0.29) is 11.9 Å². The van der Waals surface area contributed by atoms with Crippen molar-refractivity contribution in [1.82, 2.24) is 15.1 Å². The number of likely N-dealkylation sites (tertiary alicyclic amines) is 2. The van der Waals surface area contributed by atoms with Crippen LogP contribution in [-0.2, 0) is 4.79 Å². The number of hydrogen-bond acceptors (Lipinski definition) is 2. The smallest absolute Gasteiger partial charge is 0.317 e. The van der Waals surface area contributed by atoms with Crippen LogP contribution in [0.5, 0.6) is 0 Å². The average Bonchev–Trinajstić information content (AvgIpc) is 2.91. The van der Waals surface area contributed by atoms with Crippen LogP contribution in [0, 0.1) is 11.8 Å². The van der Waals surface area contributed by atoms with Crippen LogP contribution in [-0.4, -0.2) is 54.5 Å². The van der Waals surface area contributed by atoms with Crippen molar-refractivity contribution in [1.29, 1.82) is 0 Å². The Morgan fingerprint density at radius 2 is 1.65 bits per heavy atom. The highest BCUT2D eigenvalue weighted by Gasteiger charge is 2.25. The van der Waals surface area contributed by atoms with Gasteiger partial charge in [0.15, 0.2) is 0 Å². The van der Waals surface area contributed by atoms with Crippen LogP contribution in [0.3, 0.4) is 0 Å². The van der Waals surface area contributed by atoms with Crippen molar-refractivity contribution in [2.45, 2.75) is 39.5 Å². The van der Waals surface area contributed by atoms with Gasteiger partial charge in [0.25, 0.3) is 0 Å². The molecule has 0 radical (unpaired) electrons. The van der Waals surface area contributed by atoms with E-state index in [0.29, 0.717) is 24.8 Å². The highest BCUT2D eigenvalue weighted by atomic mass is 16.2. The molecule has 5 heteroatoms. The molecule has 20 heavy (non-hydrogen) atoms. The van der Waals surface area contributed by atoms with Gasteiger partial charge in [0, 0.05) is 39.1 Å². The molecule has 0 bridgehead atoms. The second-order valence-corrected chi connectivity index (χ2v) is 6.42. The highest BCUT2D eigenvalue weighted by Crippen LogP contribution is 2.20. The SMILES string of the molecule is CC1CC(C)CN(C(=O)NCCC(=O)N2CCCC2)C1. The molecule has 2 rings (SSSR count). The minimum Gasteiger partial charge on any atom is -0.343 e. The summed E-state index contributed by atoms with van der Waals surface area (Å²) in [6.07, 6.45) is 3.84. The molecule has 114 valence electrons. The lowest BCUT2D eigenvalue weighted by Gasteiger charge is -2.34. The number of piperidine rings is 1. The lowest BCUT2D eigenvalue weighted by atomic mass is 9.92. The third-order valence-electron chi connectivity index (χ3n) is 4.23. The van der Waals surface area contributed by atoms with Crippen LogP contribution < -0.4 is 5.32 Å². The minimum absolute atomic E-state index is 0.0161. The van der Waals surface area contributed by atoms with Crippen LogP contribution in [0.15, 0.2) is 0 Å². The molecule has 2 unspecified atom stereocenters. The Hall–Kier alpha value is -1.26. The summed E-state index contributed by atoms with van der Waals surface area (Å²) < 4.78 is 0. The fourth-order valence-corrected chi connectivity index (χ4v) is 3.34. The normalized spacial score (nSPS) is 26.7. The Kier molecular flexibility index (Phi) is 5.26. The van der Waals surface area contributed by atoms with Gasteiger partial charge in [-0.2, -0.15) is 0 Å². The zero-order chi connectivity index (χ0) is 14.5. The van der Waals surface area contributed by atoms with Gasteiger partial charge < -0.3 is 15.1 Å². The van der Waals surface area contributed by atoms with Crippen molar-refractivity contribution in [3.8, 4) is 0 Å². The largest absolute Gasteiger partial charge is 0.343 e. The van der Waals surface area contributed by atoms with E-state index < -0.39 is 0 Å². The first kappa shape index (κ1) is 15.1. The topological polar surface area (TPSA) is 52.7 Å². The highest BCUT2D eigenvalue weighted by molar-refractivity contribution is 5.78. The summed E-state index contributed by atoms with van der Waals surface area (Å²) in [5.74, 6) is 1.30. The summed E-state index contributed by atoms with van der Waals surface area (Å²) in [4.78, 5) is 27.7. The van der Waals surface area contributed by atoms with Crippen LogP contribution in [0.25, 0.3) is 0 Å². The van der Waals surface area contributed by atoms with Gasteiger partial charge in [-0.25, -0.2) is 4.79 Å². The van der Waals surface area contributed by atoms with Crippen molar-refractivity contribution in [2.24, 2.45) is 11.8 Å². The lowest BCUT2D eigenvalue weighted by Crippen LogP contribution is -2.48. The number of carbonyl (C=O) groups excluding carboxylic acids is 2. The van der Waals surface area contributed by atoms with E-state index in [4.69, 9.17) is 0 Å². The number of hydrogen-bond donors (Lipinski definition) is 1. The first-order valence-corrected chi connectivity index (χ1v) is 7.87. The molecule has 0 saturated carbocycles. The summed E-state index contributed by atoms with van der Waals surface area (Å²) in [5.41, 5.74) is 0. The summed E-state index contributed by atoms with van der Waals surface area (Å²) in [6.45, 7) is 8.25. The van der Waals surface area contributed by atoms with Gasteiger partial charge in [-0.3, -0.25) is 4.79 Å². The molecular weight excluding hydrogens is 254 g/mol. The van der Waals surface area contributed by atoms with E-state index in [1.165, 1.54) is 6.42 Å². The first-order chi connectivity index (χ1) is 9.56. The van der Waals surface area contributed by atoms with Crippen LogP contribution >= 0.6 is 0 Å². The summed E-state index contributed by atoms with van der Waals surface area (Å²) in [7, 11) is 0. The number of rotatable bonds is 3. The predicted octanol–water partition coefficient (Wildman–Crippen LogP) is 1.69. The van der Waals surface area contributed by atoms with Gasteiger partial charge in [-0.05, 0) is 31.1 Å². The zero-order valence-electron chi connectivity index (χ0n) is 12.7. The zero-order valence-corrected chi connectivity index (χ0v) is 12.7. The van der Waals surface area contributed by atoms with E-state index >= 15 is 0 Å². The summed E-state index contributed by atoms with van der Waals surface area (Å²) in [6, 6.07) is -0.0161. The number of nitrogens with zero attached hydrogens (tertiary/aromatic N) is 2. The van der Waals surface area contributed by atoms with Crippen molar-refractivity contribution in [3.63, 3.8) is 0 Å². The molecule has 2 aliphatic heterocycles. The fourth-order valence-electron chi connectivity index (χ4n) is 3.34. The van der Waals surface area contributed by atoms with Crippen molar-refractivity contribution < 1.29 is 9.59 Å². The number of urea groups is 1. The molecule has 2 atom stereocenters. The van der Waals surface area contributed by atoms with E-state index in [9.17, 15) is 9.59 Å². The fraction of sp³-hybridized carbons (Fsp3) is 0.867. The van der Waals surface area contributed by atoms with E-state index in [0.717, 1.165) is 39.0 Å². The molecule has 0 aromatic carbocycles.